The fourth-order valence-electron chi connectivity index (χ4n) is 4.28. The van der Waals surface area contributed by atoms with Gasteiger partial charge < -0.3 is 19.4 Å². The van der Waals surface area contributed by atoms with Gasteiger partial charge in [-0.15, -0.1) is 0 Å². The first-order chi connectivity index (χ1) is 15.9. The van der Waals surface area contributed by atoms with Gasteiger partial charge in [0.1, 0.15) is 0 Å². The van der Waals surface area contributed by atoms with Crippen molar-refractivity contribution in [1.29, 1.82) is 0 Å². The highest BCUT2D eigenvalue weighted by Crippen LogP contribution is 2.58. The topological polar surface area (TPSA) is 185 Å². The molecular formula is C23H48O11P2S. The van der Waals surface area contributed by atoms with E-state index >= 15 is 0 Å². The van der Waals surface area contributed by atoms with Crippen LogP contribution in [0.4, 0.5) is 0 Å². The summed E-state index contributed by atoms with van der Waals surface area (Å²) in [5, 5.41) is -1.09. The summed E-state index contributed by atoms with van der Waals surface area (Å²) in [5.74, 6) is -0.605. The van der Waals surface area contributed by atoms with E-state index in [2.05, 4.69) is 4.31 Å². The molecule has 0 aliphatic rings. The maximum Gasteiger partial charge on any atom is 0.476 e. The SMILES string of the molecule is CC(C)(C)CC(C(C)(C)C(C)(C)CC(C)(C(=O)OCCCP(=O)(O)OP(=O)(O)O)C(C)(C)C)S(=O)(=O)O. The molecule has 3 atom stereocenters. The molecule has 14 heteroatoms. The molecule has 0 aromatic carbocycles. The lowest BCUT2D eigenvalue weighted by atomic mass is 9.54. The third-order valence-electron chi connectivity index (χ3n) is 7.66. The van der Waals surface area contributed by atoms with E-state index in [4.69, 9.17) is 14.5 Å². The van der Waals surface area contributed by atoms with Crippen molar-refractivity contribution in [1.82, 2.24) is 0 Å². The Kier molecular flexibility index (Phi) is 11.6. The Bertz CT molecular complexity index is 1000. The first-order valence-corrected chi connectivity index (χ1v) is 16.9. The van der Waals surface area contributed by atoms with Crippen LogP contribution in [-0.2, 0) is 33.1 Å². The fraction of sp³-hybridized carbons (Fsp3) is 0.957. The minimum Gasteiger partial charge on any atom is -0.465 e. The van der Waals surface area contributed by atoms with E-state index in [0.717, 1.165) is 0 Å². The molecule has 0 radical (unpaired) electrons. The minimum atomic E-state index is -5.16. The van der Waals surface area contributed by atoms with Crippen LogP contribution in [0.1, 0.15) is 95.4 Å². The molecule has 0 bridgehead atoms. The van der Waals surface area contributed by atoms with Crippen molar-refractivity contribution in [3.05, 3.63) is 0 Å². The maximum absolute atomic E-state index is 13.4. The van der Waals surface area contributed by atoms with Crippen LogP contribution in [0.5, 0.6) is 0 Å². The molecule has 0 heterocycles. The Morgan fingerprint density at radius 2 is 1.35 bits per heavy atom. The van der Waals surface area contributed by atoms with Crippen LogP contribution in [0, 0.1) is 27.1 Å². The van der Waals surface area contributed by atoms with Crippen molar-refractivity contribution in [3.8, 4) is 0 Å². The number of phosphoric acid groups is 1. The highest BCUT2D eigenvalue weighted by atomic mass is 32.2. The smallest absolute Gasteiger partial charge is 0.465 e. The maximum atomic E-state index is 13.4. The minimum absolute atomic E-state index is 0.176. The van der Waals surface area contributed by atoms with Gasteiger partial charge in [0, 0.05) is 0 Å². The van der Waals surface area contributed by atoms with Gasteiger partial charge in [-0.1, -0.05) is 69.2 Å². The monoisotopic (exact) mass is 594 g/mol. The van der Waals surface area contributed by atoms with E-state index in [1.807, 2.05) is 55.4 Å². The van der Waals surface area contributed by atoms with Crippen LogP contribution in [0.25, 0.3) is 0 Å². The first-order valence-electron chi connectivity index (χ1n) is 12.1. The van der Waals surface area contributed by atoms with E-state index in [-0.39, 0.29) is 25.9 Å². The summed E-state index contributed by atoms with van der Waals surface area (Å²) >= 11 is 0. The molecular weight excluding hydrogens is 546 g/mol. The average molecular weight is 595 g/mol. The number of rotatable bonds is 13. The fourth-order valence-corrected chi connectivity index (χ4v) is 8.23. The van der Waals surface area contributed by atoms with Gasteiger partial charge in [-0.3, -0.25) is 13.9 Å². The molecule has 0 spiro atoms. The van der Waals surface area contributed by atoms with Gasteiger partial charge in [0.15, 0.2) is 0 Å². The summed E-state index contributed by atoms with van der Waals surface area (Å²) in [6.07, 6.45) is -0.397. The molecule has 0 aliphatic heterocycles. The molecule has 0 saturated heterocycles. The second kappa shape index (κ2) is 11.7. The zero-order valence-electron chi connectivity index (χ0n) is 24.1. The van der Waals surface area contributed by atoms with Crippen LogP contribution >= 0.6 is 15.4 Å². The van der Waals surface area contributed by atoms with E-state index in [1.54, 1.807) is 20.8 Å². The van der Waals surface area contributed by atoms with Gasteiger partial charge in [0.25, 0.3) is 10.1 Å². The predicted molar refractivity (Wildman–Crippen MR) is 143 cm³/mol. The van der Waals surface area contributed by atoms with Gasteiger partial charge >= 0.3 is 21.4 Å². The Morgan fingerprint density at radius 3 is 1.70 bits per heavy atom. The van der Waals surface area contributed by atoms with Gasteiger partial charge in [0.05, 0.1) is 23.4 Å². The molecule has 4 N–H and O–H groups in total. The van der Waals surface area contributed by atoms with Crippen LogP contribution in [0.15, 0.2) is 0 Å². The molecule has 11 nitrogen and oxygen atoms in total. The Labute approximate surface area is 222 Å². The Hall–Kier alpha value is -0.320. The number of hydrogen-bond donors (Lipinski definition) is 4. The van der Waals surface area contributed by atoms with E-state index in [0.29, 0.717) is 0 Å². The second-order valence-corrected chi connectivity index (χ2v) is 18.5. The standard InChI is InChI=1S/C23H48O11P2S/c1-19(2,3)15-17(37(30,31)32)22(9,10)21(7,8)16-23(11,20(4,5)6)18(24)33-13-12-14-35(25,26)34-36(27,28)29/h17H,12-16H2,1-11H3,(H,25,26)(H2,27,28,29)(H,30,31,32). The summed E-state index contributed by atoms with van der Waals surface area (Å²) in [7, 11) is -14.2. The summed E-state index contributed by atoms with van der Waals surface area (Å²) in [4.78, 5) is 40.4. The van der Waals surface area contributed by atoms with E-state index < -0.39 is 70.0 Å². The quantitative estimate of drug-likeness (QED) is 0.0926. The average Bonchev–Trinajstić information content (AvgIpc) is 2.57. The number of ether oxygens (including phenoxy) is 1. The first kappa shape index (κ1) is 36.7. The Morgan fingerprint density at radius 1 is 0.892 bits per heavy atom. The van der Waals surface area contributed by atoms with Crippen LogP contribution in [-0.4, -0.2) is 51.6 Å². The highest BCUT2D eigenvalue weighted by Gasteiger charge is 2.56. The van der Waals surface area contributed by atoms with Crippen LogP contribution in [0.2, 0.25) is 0 Å². The van der Waals surface area contributed by atoms with Crippen molar-refractivity contribution in [2.75, 3.05) is 12.8 Å². The lowest BCUT2D eigenvalue weighted by molar-refractivity contribution is -0.167. The van der Waals surface area contributed by atoms with Crippen LogP contribution < -0.4 is 0 Å². The normalized spacial score (nSPS) is 18.6. The van der Waals surface area contributed by atoms with Gasteiger partial charge in [0.2, 0.25) is 0 Å². The zero-order valence-corrected chi connectivity index (χ0v) is 26.7. The third-order valence-corrected chi connectivity index (χ3v) is 11.9. The molecule has 222 valence electrons. The lowest BCUT2D eigenvalue weighted by Crippen LogP contribution is -2.53. The lowest BCUT2D eigenvalue weighted by Gasteiger charge is -2.52. The Balaban J connectivity index is 5.95. The third kappa shape index (κ3) is 11.0. The molecule has 0 aromatic rings. The molecule has 0 fully saturated rings. The number of carbonyl (C=O) groups is 1. The van der Waals surface area contributed by atoms with Crippen molar-refractivity contribution < 1.29 is 50.6 Å². The highest BCUT2D eigenvalue weighted by molar-refractivity contribution is 7.86. The number of hydrogen-bond acceptors (Lipinski definition) is 7. The zero-order chi connectivity index (χ0) is 30.1. The number of carbonyl (C=O) groups excluding carboxylic acids is 1. The summed E-state index contributed by atoms with van der Waals surface area (Å²) in [6, 6.07) is 0. The molecule has 0 aliphatic carbocycles. The summed E-state index contributed by atoms with van der Waals surface area (Å²) < 4.78 is 67.2. The van der Waals surface area contributed by atoms with Gasteiger partial charge in [-0.05, 0) is 47.8 Å². The molecule has 0 amide bonds. The van der Waals surface area contributed by atoms with Crippen molar-refractivity contribution in [3.63, 3.8) is 0 Å². The molecule has 0 saturated carbocycles. The van der Waals surface area contributed by atoms with Crippen molar-refractivity contribution in [2.45, 2.75) is 101 Å². The summed E-state index contributed by atoms with van der Waals surface area (Å²) in [5.41, 5.74) is -3.94. The number of esters is 1. The molecule has 0 aromatic heterocycles. The van der Waals surface area contributed by atoms with Gasteiger partial charge in [-0.2, -0.15) is 8.42 Å². The van der Waals surface area contributed by atoms with Crippen molar-refractivity contribution >= 4 is 31.5 Å². The predicted octanol–water partition coefficient (Wildman–Crippen LogP) is 5.40. The van der Waals surface area contributed by atoms with Crippen molar-refractivity contribution in [2.24, 2.45) is 27.1 Å². The van der Waals surface area contributed by atoms with Gasteiger partial charge in [-0.25, -0.2) is 8.88 Å². The van der Waals surface area contributed by atoms with E-state index in [9.17, 15) is 31.8 Å². The second-order valence-electron chi connectivity index (χ2n) is 13.6. The van der Waals surface area contributed by atoms with Crippen LogP contribution in [0.3, 0.4) is 0 Å². The molecule has 3 unspecified atom stereocenters. The largest absolute Gasteiger partial charge is 0.476 e. The molecule has 0 rings (SSSR count). The van der Waals surface area contributed by atoms with E-state index in [1.165, 1.54) is 0 Å². The summed E-state index contributed by atoms with van der Waals surface area (Å²) in [6.45, 7) is 19.9. The molecule has 37 heavy (non-hydrogen) atoms.